The molecule has 1 aromatic carbocycles. The molecule has 4 heteroatoms. The molecule has 0 saturated heterocycles. The van der Waals surface area contributed by atoms with Crippen LogP contribution < -0.4 is 11.1 Å². The largest absolute Gasteiger partial charge is 0.324 e. The van der Waals surface area contributed by atoms with E-state index in [1.165, 1.54) is 0 Å². The van der Waals surface area contributed by atoms with Gasteiger partial charge in [-0.3, -0.25) is 4.79 Å². The molecule has 0 unspecified atom stereocenters. The lowest BCUT2D eigenvalue weighted by Crippen LogP contribution is -2.38. The van der Waals surface area contributed by atoms with Gasteiger partial charge in [-0.05, 0) is 37.5 Å². The van der Waals surface area contributed by atoms with E-state index in [9.17, 15) is 4.79 Å². The minimum atomic E-state index is -0.685. The summed E-state index contributed by atoms with van der Waals surface area (Å²) in [5.74, 6) is -0.161. The number of nitrogens with two attached hydrogens (primary N) is 1. The van der Waals surface area contributed by atoms with E-state index in [0.29, 0.717) is 11.3 Å². The Kier molecular flexibility index (Phi) is 2.41. The van der Waals surface area contributed by atoms with Gasteiger partial charge < -0.3 is 11.1 Å². The molecule has 0 atom stereocenters. The standard InChI is InChI=1S/C12H13N3O/c1-8-2-3-9(7-13)6-10(8)15-11(16)12(14)4-5-12/h2-3,6H,4-5,14H2,1H3,(H,15,16). The van der Waals surface area contributed by atoms with Crippen molar-refractivity contribution in [1.82, 2.24) is 0 Å². The molecule has 0 aromatic heterocycles. The number of nitrogens with one attached hydrogen (secondary N) is 1. The lowest BCUT2D eigenvalue weighted by molar-refractivity contribution is -0.118. The second kappa shape index (κ2) is 3.62. The van der Waals surface area contributed by atoms with E-state index in [-0.39, 0.29) is 5.91 Å². The SMILES string of the molecule is Cc1ccc(C#N)cc1NC(=O)C1(N)CC1. The molecule has 82 valence electrons. The smallest absolute Gasteiger partial charge is 0.244 e. The maximum atomic E-state index is 11.7. The molecule has 0 aliphatic heterocycles. The molecule has 0 heterocycles. The Morgan fingerprint density at radius 2 is 2.25 bits per heavy atom. The Morgan fingerprint density at radius 1 is 1.56 bits per heavy atom. The minimum Gasteiger partial charge on any atom is -0.324 e. The molecule has 16 heavy (non-hydrogen) atoms. The topological polar surface area (TPSA) is 78.9 Å². The van der Waals surface area contributed by atoms with Gasteiger partial charge in [0.2, 0.25) is 5.91 Å². The van der Waals surface area contributed by atoms with Crippen LogP contribution in [0.5, 0.6) is 0 Å². The van der Waals surface area contributed by atoms with Gasteiger partial charge in [-0.2, -0.15) is 5.26 Å². The third-order valence-corrected chi connectivity index (χ3v) is 2.86. The Hall–Kier alpha value is -1.86. The summed E-state index contributed by atoms with van der Waals surface area (Å²) < 4.78 is 0. The Morgan fingerprint density at radius 3 is 2.81 bits per heavy atom. The van der Waals surface area contributed by atoms with Crippen molar-refractivity contribution in [3.8, 4) is 6.07 Å². The fraction of sp³-hybridized carbons (Fsp3) is 0.333. The van der Waals surface area contributed by atoms with Crippen molar-refractivity contribution in [2.75, 3.05) is 5.32 Å². The summed E-state index contributed by atoms with van der Waals surface area (Å²) in [5, 5.41) is 11.5. The first-order chi connectivity index (χ1) is 7.55. The number of aryl methyl sites for hydroxylation is 1. The zero-order chi connectivity index (χ0) is 11.8. The molecule has 0 radical (unpaired) electrons. The Bertz CT molecular complexity index is 484. The maximum Gasteiger partial charge on any atom is 0.244 e. The molecule has 3 N–H and O–H groups in total. The van der Waals surface area contributed by atoms with Gasteiger partial charge in [0, 0.05) is 5.69 Å². The zero-order valence-corrected chi connectivity index (χ0v) is 9.08. The molecule has 1 amide bonds. The van der Waals surface area contributed by atoms with E-state index in [2.05, 4.69) is 5.32 Å². The van der Waals surface area contributed by atoms with Crippen molar-refractivity contribution < 1.29 is 4.79 Å². The first-order valence-electron chi connectivity index (χ1n) is 5.16. The van der Waals surface area contributed by atoms with Crippen molar-refractivity contribution in [1.29, 1.82) is 5.26 Å². The molecule has 4 nitrogen and oxygen atoms in total. The Balaban J connectivity index is 2.21. The van der Waals surface area contributed by atoms with Gasteiger partial charge in [0.25, 0.3) is 0 Å². The van der Waals surface area contributed by atoms with Crippen LogP contribution in [0.1, 0.15) is 24.0 Å². The molecule has 0 bridgehead atoms. The molecular formula is C12H13N3O. The number of nitrogens with zero attached hydrogens (tertiary/aromatic N) is 1. The monoisotopic (exact) mass is 215 g/mol. The van der Waals surface area contributed by atoms with Crippen LogP contribution >= 0.6 is 0 Å². The summed E-state index contributed by atoms with van der Waals surface area (Å²) in [6, 6.07) is 7.24. The fourth-order valence-corrected chi connectivity index (χ4v) is 1.43. The van der Waals surface area contributed by atoms with Gasteiger partial charge >= 0.3 is 0 Å². The van der Waals surface area contributed by atoms with E-state index in [0.717, 1.165) is 18.4 Å². The summed E-state index contributed by atoms with van der Waals surface area (Å²) in [4.78, 5) is 11.7. The van der Waals surface area contributed by atoms with Crippen LogP contribution in [0.2, 0.25) is 0 Å². The highest BCUT2D eigenvalue weighted by Gasteiger charge is 2.46. The molecule has 1 aliphatic carbocycles. The lowest BCUT2D eigenvalue weighted by atomic mass is 10.1. The van der Waals surface area contributed by atoms with Crippen LogP contribution in [0.25, 0.3) is 0 Å². The average molecular weight is 215 g/mol. The third kappa shape index (κ3) is 1.90. The van der Waals surface area contributed by atoms with E-state index in [1.54, 1.807) is 12.1 Å². The summed E-state index contributed by atoms with van der Waals surface area (Å²) in [5.41, 5.74) is 7.22. The van der Waals surface area contributed by atoms with Gasteiger partial charge in [-0.25, -0.2) is 0 Å². The number of amides is 1. The molecule has 2 rings (SSSR count). The molecular weight excluding hydrogens is 202 g/mol. The van der Waals surface area contributed by atoms with E-state index < -0.39 is 5.54 Å². The van der Waals surface area contributed by atoms with Crippen molar-refractivity contribution in [2.45, 2.75) is 25.3 Å². The lowest BCUT2D eigenvalue weighted by Gasteiger charge is -2.12. The summed E-state index contributed by atoms with van der Waals surface area (Å²) in [7, 11) is 0. The van der Waals surface area contributed by atoms with Gasteiger partial charge in [0.05, 0.1) is 17.2 Å². The van der Waals surface area contributed by atoms with E-state index in [4.69, 9.17) is 11.0 Å². The molecule has 1 saturated carbocycles. The van der Waals surface area contributed by atoms with Crippen LogP contribution in [0.15, 0.2) is 18.2 Å². The van der Waals surface area contributed by atoms with Gasteiger partial charge in [-0.15, -0.1) is 0 Å². The predicted molar refractivity (Wildman–Crippen MR) is 60.7 cm³/mol. The highest BCUT2D eigenvalue weighted by molar-refractivity contribution is 6.00. The highest BCUT2D eigenvalue weighted by Crippen LogP contribution is 2.33. The highest BCUT2D eigenvalue weighted by atomic mass is 16.2. The van der Waals surface area contributed by atoms with Crippen molar-refractivity contribution >= 4 is 11.6 Å². The number of hydrogen-bond donors (Lipinski definition) is 2. The van der Waals surface area contributed by atoms with E-state index in [1.807, 2.05) is 19.1 Å². The second-order valence-corrected chi connectivity index (χ2v) is 4.25. The minimum absolute atomic E-state index is 0.161. The summed E-state index contributed by atoms with van der Waals surface area (Å²) in [6.07, 6.45) is 1.46. The van der Waals surface area contributed by atoms with Gasteiger partial charge in [0.1, 0.15) is 0 Å². The number of hydrogen-bond acceptors (Lipinski definition) is 3. The number of carbonyl (C=O) groups is 1. The van der Waals surface area contributed by atoms with Crippen LogP contribution in [-0.2, 0) is 4.79 Å². The van der Waals surface area contributed by atoms with Crippen LogP contribution in [0, 0.1) is 18.3 Å². The first kappa shape index (κ1) is 10.7. The maximum absolute atomic E-state index is 11.7. The van der Waals surface area contributed by atoms with Crippen LogP contribution in [0.3, 0.4) is 0 Å². The zero-order valence-electron chi connectivity index (χ0n) is 9.08. The number of benzene rings is 1. The quantitative estimate of drug-likeness (QED) is 0.780. The molecule has 1 aliphatic rings. The first-order valence-corrected chi connectivity index (χ1v) is 5.16. The molecule has 0 spiro atoms. The summed E-state index contributed by atoms with van der Waals surface area (Å²) >= 11 is 0. The normalized spacial score (nSPS) is 16.3. The number of carbonyl (C=O) groups excluding carboxylic acids is 1. The van der Waals surface area contributed by atoms with Crippen molar-refractivity contribution in [3.05, 3.63) is 29.3 Å². The Labute approximate surface area is 94.1 Å². The predicted octanol–water partition coefficient (Wildman–Crippen LogP) is 1.30. The van der Waals surface area contributed by atoms with Crippen LogP contribution in [0.4, 0.5) is 5.69 Å². The summed E-state index contributed by atoms with van der Waals surface area (Å²) in [6.45, 7) is 1.88. The second-order valence-electron chi connectivity index (χ2n) is 4.25. The number of nitriles is 1. The third-order valence-electron chi connectivity index (χ3n) is 2.86. The molecule has 1 fully saturated rings. The number of anilines is 1. The van der Waals surface area contributed by atoms with Crippen molar-refractivity contribution in [3.63, 3.8) is 0 Å². The van der Waals surface area contributed by atoms with E-state index >= 15 is 0 Å². The van der Waals surface area contributed by atoms with Crippen molar-refractivity contribution in [2.24, 2.45) is 5.73 Å². The van der Waals surface area contributed by atoms with Gasteiger partial charge in [-0.1, -0.05) is 6.07 Å². The average Bonchev–Trinajstić information content (AvgIpc) is 3.01. The number of rotatable bonds is 2. The van der Waals surface area contributed by atoms with Gasteiger partial charge in [0.15, 0.2) is 0 Å². The molecule has 1 aromatic rings. The fourth-order valence-electron chi connectivity index (χ4n) is 1.43. The van der Waals surface area contributed by atoms with Crippen LogP contribution in [-0.4, -0.2) is 11.4 Å².